The first-order chi connectivity index (χ1) is 9.31. The van der Waals surface area contributed by atoms with Gasteiger partial charge in [-0.1, -0.05) is 30.3 Å². The van der Waals surface area contributed by atoms with Crippen molar-refractivity contribution in [2.45, 2.75) is 0 Å². The summed E-state index contributed by atoms with van der Waals surface area (Å²) < 4.78 is 0. The molecule has 3 rings (SSSR count). The second kappa shape index (κ2) is 5.56. The smallest absolute Gasteiger partial charge is 0.240 e. The van der Waals surface area contributed by atoms with Crippen molar-refractivity contribution in [2.24, 2.45) is 4.99 Å². The molecule has 0 saturated heterocycles. The summed E-state index contributed by atoms with van der Waals surface area (Å²) >= 11 is 0. The van der Waals surface area contributed by atoms with Crippen molar-refractivity contribution in [3.8, 4) is 0 Å². The van der Waals surface area contributed by atoms with E-state index in [-0.39, 0.29) is 0 Å². The predicted molar refractivity (Wildman–Crippen MR) is 72.0 cm³/mol. The fourth-order valence-corrected chi connectivity index (χ4v) is 2.00. The third-order valence-electron chi connectivity index (χ3n) is 2.69. The fraction of sp³-hybridized carbons (Fsp3) is 0. The molecule has 5 nitrogen and oxygen atoms in total. The number of carbonyl (C=O) groups excluding carboxylic acids is 2. The van der Waals surface area contributed by atoms with Crippen molar-refractivity contribution in [2.75, 3.05) is 0 Å². The number of aromatic nitrogens is 1. The molecule has 2 aromatic carbocycles. The average Bonchev–Trinajstić information content (AvgIpc) is 2.80. The number of rotatable bonds is 1. The molecular weight excluding hydrogens is 242 g/mol. The SMILES string of the molecule is N=C=O.O=C=Nc1cccc2c1[nH]c1ccccc12. The van der Waals surface area contributed by atoms with Crippen LogP contribution in [0.2, 0.25) is 0 Å². The number of aromatic amines is 1. The van der Waals surface area contributed by atoms with Gasteiger partial charge in [-0.15, -0.1) is 0 Å². The van der Waals surface area contributed by atoms with Gasteiger partial charge in [0.05, 0.1) is 5.52 Å². The molecule has 0 spiro atoms. The first kappa shape index (κ1) is 12.5. The molecule has 2 N–H and O–H groups in total. The lowest BCUT2D eigenvalue weighted by Gasteiger charge is -1.93. The van der Waals surface area contributed by atoms with Crippen molar-refractivity contribution >= 4 is 39.7 Å². The first-order valence-corrected chi connectivity index (χ1v) is 5.43. The first-order valence-electron chi connectivity index (χ1n) is 5.43. The summed E-state index contributed by atoms with van der Waals surface area (Å²) in [4.78, 5) is 25.6. The maximum atomic E-state index is 10.3. The van der Waals surface area contributed by atoms with Crippen LogP contribution in [0.25, 0.3) is 21.8 Å². The highest BCUT2D eigenvalue weighted by atomic mass is 16.1. The largest absolute Gasteiger partial charge is 0.353 e. The highest BCUT2D eigenvalue weighted by molar-refractivity contribution is 6.10. The molecule has 3 aromatic rings. The zero-order chi connectivity index (χ0) is 13.7. The van der Waals surface area contributed by atoms with Gasteiger partial charge >= 0.3 is 0 Å². The Morgan fingerprint density at radius 1 is 1.00 bits per heavy atom. The summed E-state index contributed by atoms with van der Waals surface area (Å²) in [5.41, 5.74) is 2.56. The quantitative estimate of drug-likeness (QED) is 0.514. The normalized spacial score (nSPS) is 9.26. The molecule has 0 atom stereocenters. The predicted octanol–water partition coefficient (Wildman–Crippen LogP) is 3.19. The number of benzene rings is 2. The van der Waals surface area contributed by atoms with Crippen LogP contribution in [0.15, 0.2) is 47.5 Å². The highest BCUT2D eigenvalue weighted by Crippen LogP contribution is 2.31. The molecule has 0 aliphatic carbocycles. The van der Waals surface area contributed by atoms with Crippen molar-refractivity contribution in [3.05, 3.63) is 42.5 Å². The number of hydrogen-bond acceptors (Lipinski definition) is 4. The van der Waals surface area contributed by atoms with Crippen LogP contribution in [0.3, 0.4) is 0 Å². The molecule has 0 radical (unpaired) electrons. The molecule has 92 valence electrons. The van der Waals surface area contributed by atoms with E-state index in [1.54, 1.807) is 12.1 Å². The van der Waals surface area contributed by atoms with Crippen LogP contribution in [-0.4, -0.2) is 17.1 Å². The van der Waals surface area contributed by atoms with E-state index >= 15 is 0 Å². The van der Waals surface area contributed by atoms with Gasteiger partial charge in [0.1, 0.15) is 5.69 Å². The zero-order valence-corrected chi connectivity index (χ0v) is 9.81. The van der Waals surface area contributed by atoms with Gasteiger partial charge in [0, 0.05) is 16.3 Å². The van der Waals surface area contributed by atoms with Crippen LogP contribution >= 0.6 is 0 Å². The Labute approximate surface area is 108 Å². The number of H-pyrrole nitrogens is 1. The van der Waals surface area contributed by atoms with Gasteiger partial charge in [-0.05, 0) is 12.1 Å². The van der Waals surface area contributed by atoms with E-state index in [0.29, 0.717) is 5.69 Å². The molecule has 0 fully saturated rings. The molecule has 1 aromatic heterocycles. The minimum absolute atomic E-state index is 0.628. The summed E-state index contributed by atoms with van der Waals surface area (Å²) in [6.45, 7) is 0. The Balaban J connectivity index is 0.000000408. The minimum Gasteiger partial charge on any atom is -0.353 e. The number of aliphatic imine (C=N–C) groups is 1. The van der Waals surface area contributed by atoms with E-state index in [0.717, 1.165) is 27.9 Å². The Morgan fingerprint density at radius 3 is 2.42 bits per heavy atom. The molecule has 5 heteroatoms. The second-order valence-electron chi connectivity index (χ2n) is 3.68. The lowest BCUT2D eigenvalue weighted by atomic mass is 10.1. The van der Waals surface area contributed by atoms with Crippen LogP contribution in [0.5, 0.6) is 0 Å². The van der Waals surface area contributed by atoms with Crippen LogP contribution < -0.4 is 0 Å². The van der Waals surface area contributed by atoms with Crippen molar-refractivity contribution in [3.63, 3.8) is 0 Å². The van der Waals surface area contributed by atoms with E-state index < -0.39 is 0 Å². The molecular formula is C14H9N3O2. The highest BCUT2D eigenvalue weighted by Gasteiger charge is 2.06. The van der Waals surface area contributed by atoms with E-state index in [1.165, 1.54) is 0 Å². The Morgan fingerprint density at radius 2 is 1.68 bits per heavy atom. The fourth-order valence-electron chi connectivity index (χ4n) is 2.00. The molecule has 0 amide bonds. The second-order valence-corrected chi connectivity index (χ2v) is 3.68. The number of nitrogens with zero attached hydrogens (tertiary/aromatic N) is 1. The maximum Gasteiger partial charge on any atom is 0.240 e. The van der Waals surface area contributed by atoms with Crippen molar-refractivity contribution < 1.29 is 9.59 Å². The van der Waals surface area contributed by atoms with Gasteiger partial charge in [-0.2, -0.15) is 4.99 Å². The number of isocyanates is 2. The van der Waals surface area contributed by atoms with Crippen LogP contribution in [0.4, 0.5) is 5.69 Å². The van der Waals surface area contributed by atoms with Crippen molar-refractivity contribution in [1.82, 2.24) is 4.98 Å². The molecule has 0 bridgehead atoms. The number of nitrogens with one attached hydrogen (secondary N) is 2. The Kier molecular flexibility index (Phi) is 3.64. The summed E-state index contributed by atoms with van der Waals surface area (Å²) in [5, 5.41) is 7.62. The Bertz CT molecular complexity index is 808. The molecule has 19 heavy (non-hydrogen) atoms. The monoisotopic (exact) mass is 251 g/mol. The summed E-state index contributed by atoms with van der Waals surface area (Å²) in [5.74, 6) is 0. The van der Waals surface area contributed by atoms with Crippen molar-refractivity contribution in [1.29, 1.82) is 5.41 Å². The Hall–Kier alpha value is -3.00. The van der Waals surface area contributed by atoms with E-state index in [9.17, 15) is 4.79 Å². The number of para-hydroxylation sites is 2. The van der Waals surface area contributed by atoms with Crippen LogP contribution in [0, 0.1) is 5.41 Å². The summed E-state index contributed by atoms with van der Waals surface area (Å²) in [7, 11) is 0. The molecule has 0 saturated carbocycles. The summed E-state index contributed by atoms with van der Waals surface area (Å²) in [6, 6.07) is 13.7. The molecule has 1 heterocycles. The maximum absolute atomic E-state index is 10.3. The topological polar surface area (TPSA) is 86.1 Å². The lowest BCUT2D eigenvalue weighted by molar-refractivity contribution is 0.562. The van der Waals surface area contributed by atoms with Crippen LogP contribution in [0.1, 0.15) is 0 Å². The van der Waals surface area contributed by atoms with Gasteiger partial charge in [-0.3, -0.25) is 0 Å². The average molecular weight is 251 g/mol. The van der Waals surface area contributed by atoms with Gasteiger partial charge in [0.15, 0.2) is 0 Å². The van der Waals surface area contributed by atoms with Crippen LogP contribution in [-0.2, 0) is 9.59 Å². The number of hydrogen-bond donors (Lipinski definition) is 2. The van der Waals surface area contributed by atoms with Gasteiger partial charge in [0.25, 0.3) is 0 Å². The van der Waals surface area contributed by atoms with E-state index in [1.807, 2.05) is 36.4 Å². The van der Waals surface area contributed by atoms with E-state index in [2.05, 4.69) is 9.98 Å². The third kappa shape index (κ3) is 2.33. The summed E-state index contributed by atoms with van der Waals surface area (Å²) in [6.07, 6.45) is 2.33. The number of fused-ring (bicyclic) bond motifs is 3. The molecule has 0 aliphatic heterocycles. The van der Waals surface area contributed by atoms with E-state index in [4.69, 9.17) is 10.2 Å². The minimum atomic E-state index is 0.628. The molecule has 0 aliphatic rings. The standard InChI is InChI=1S/C13H8N2O.CHNO/c16-8-14-12-7-3-5-10-9-4-1-2-6-11(9)15-13(10)12;2-1-3/h1-7,15H;2H. The van der Waals surface area contributed by atoms with Gasteiger partial charge in [-0.25, -0.2) is 15.0 Å². The van der Waals surface area contributed by atoms with Gasteiger partial charge in [0.2, 0.25) is 12.2 Å². The zero-order valence-electron chi connectivity index (χ0n) is 9.81. The lowest BCUT2D eigenvalue weighted by Crippen LogP contribution is -1.69. The van der Waals surface area contributed by atoms with Gasteiger partial charge < -0.3 is 4.98 Å². The third-order valence-corrected chi connectivity index (χ3v) is 2.69. The molecule has 0 unspecified atom stereocenters.